The van der Waals surface area contributed by atoms with Gasteiger partial charge in [-0.2, -0.15) is 5.10 Å². The van der Waals surface area contributed by atoms with Crippen molar-refractivity contribution in [1.82, 2.24) is 15.1 Å². The van der Waals surface area contributed by atoms with Crippen LogP contribution in [-0.4, -0.2) is 22.4 Å². The Kier molecular flexibility index (Phi) is 4.81. The largest absolute Gasteiger partial charge is 0.314 e. The summed E-state index contributed by atoms with van der Waals surface area (Å²) >= 11 is 0. The average Bonchev–Trinajstić information content (AvgIpc) is 3.09. The molecule has 1 fully saturated rings. The Bertz CT molecular complexity index is 366. The number of rotatable bonds is 8. The van der Waals surface area contributed by atoms with Crippen molar-refractivity contribution in [1.29, 1.82) is 0 Å². The number of nitrogens with one attached hydrogen (secondary N) is 1. The highest BCUT2D eigenvalue weighted by molar-refractivity contribution is 5.10. The molecule has 2 rings (SSSR count). The predicted octanol–water partition coefficient (Wildman–Crippen LogP) is 2.92. The molecule has 0 bridgehead atoms. The van der Waals surface area contributed by atoms with Crippen molar-refractivity contribution < 1.29 is 0 Å². The summed E-state index contributed by atoms with van der Waals surface area (Å²) in [6, 6.07) is 2.88. The third-order valence-corrected chi connectivity index (χ3v) is 3.74. The Morgan fingerprint density at radius 2 is 2.22 bits per heavy atom. The van der Waals surface area contributed by atoms with Crippen LogP contribution in [0.2, 0.25) is 0 Å². The second-order valence-corrected chi connectivity index (χ2v) is 5.63. The first-order chi connectivity index (χ1) is 8.72. The van der Waals surface area contributed by atoms with Crippen LogP contribution < -0.4 is 5.32 Å². The minimum Gasteiger partial charge on any atom is -0.314 e. The summed E-state index contributed by atoms with van der Waals surface area (Å²) in [5.74, 6) is 0.985. The Morgan fingerprint density at radius 1 is 1.44 bits per heavy atom. The lowest BCUT2D eigenvalue weighted by atomic mass is 10.0. The van der Waals surface area contributed by atoms with Crippen molar-refractivity contribution in [3.8, 4) is 0 Å². The Morgan fingerprint density at radius 3 is 2.83 bits per heavy atom. The lowest BCUT2D eigenvalue weighted by Gasteiger charge is -2.18. The summed E-state index contributed by atoms with van der Waals surface area (Å²) < 4.78 is 2.16. The first-order valence-electron chi connectivity index (χ1n) is 7.49. The van der Waals surface area contributed by atoms with Gasteiger partial charge in [0.2, 0.25) is 0 Å². The second-order valence-electron chi connectivity index (χ2n) is 5.63. The molecule has 0 saturated heterocycles. The van der Waals surface area contributed by atoms with E-state index >= 15 is 0 Å². The number of hydrogen-bond acceptors (Lipinski definition) is 2. The van der Waals surface area contributed by atoms with Gasteiger partial charge in [0.15, 0.2) is 0 Å². The molecule has 3 nitrogen and oxygen atoms in total. The second kappa shape index (κ2) is 6.37. The quantitative estimate of drug-likeness (QED) is 0.767. The summed E-state index contributed by atoms with van der Waals surface area (Å²) in [6.45, 7) is 8.61. The summed E-state index contributed by atoms with van der Waals surface area (Å²) in [4.78, 5) is 0. The van der Waals surface area contributed by atoms with E-state index in [1.165, 1.54) is 31.4 Å². The topological polar surface area (TPSA) is 29.9 Å². The fourth-order valence-electron chi connectivity index (χ4n) is 2.63. The van der Waals surface area contributed by atoms with Crippen molar-refractivity contribution in [2.45, 2.75) is 65.5 Å². The first-order valence-corrected chi connectivity index (χ1v) is 7.49. The third kappa shape index (κ3) is 3.84. The molecule has 0 aromatic carbocycles. The van der Waals surface area contributed by atoms with Crippen LogP contribution in [0.3, 0.4) is 0 Å². The van der Waals surface area contributed by atoms with Crippen LogP contribution in [0, 0.1) is 12.8 Å². The zero-order valence-corrected chi connectivity index (χ0v) is 12.1. The summed E-state index contributed by atoms with van der Waals surface area (Å²) in [5, 5.41) is 8.25. The van der Waals surface area contributed by atoms with Crippen molar-refractivity contribution in [2.24, 2.45) is 5.92 Å². The minimum atomic E-state index is 0.638. The van der Waals surface area contributed by atoms with Crippen LogP contribution in [0.15, 0.2) is 6.07 Å². The molecule has 0 radical (unpaired) electrons. The average molecular weight is 249 g/mol. The SMILES string of the molecule is CCCNC(Cc1cc(C)nn1CC)CC1CC1. The minimum absolute atomic E-state index is 0.638. The standard InChI is InChI=1S/C15H27N3/c1-4-8-16-14(10-13-6-7-13)11-15-9-12(3)17-18(15)5-2/h9,13-14,16H,4-8,10-11H2,1-3H3. The normalized spacial score (nSPS) is 17.1. The molecule has 1 atom stereocenters. The van der Waals surface area contributed by atoms with Gasteiger partial charge in [0.05, 0.1) is 5.69 Å². The van der Waals surface area contributed by atoms with Crippen molar-refractivity contribution in [2.75, 3.05) is 6.54 Å². The smallest absolute Gasteiger partial charge is 0.0596 e. The Hall–Kier alpha value is -0.830. The van der Waals surface area contributed by atoms with E-state index in [9.17, 15) is 0 Å². The molecular formula is C15H27N3. The Balaban J connectivity index is 1.96. The van der Waals surface area contributed by atoms with Crippen molar-refractivity contribution in [3.63, 3.8) is 0 Å². The van der Waals surface area contributed by atoms with Gasteiger partial charge in [-0.1, -0.05) is 19.8 Å². The van der Waals surface area contributed by atoms with E-state index in [1.807, 2.05) is 0 Å². The van der Waals surface area contributed by atoms with Crippen molar-refractivity contribution in [3.05, 3.63) is 17.5 Å². The molecule has 1 unspecified atom stereocenters. The van der Waals surface area contributed by atoms with E-state index in [2.05, 4.69) is 41.9 Å². The number of aromatic nitrogens is 2. The van der Waals surface area contributed by atoms with Gasteiger partial charge in [0, 0.05) is 24.7 Å². The summed E-state index contributed by atoms with van der Waals surface area (Å²) in [6.07, 6.45) is 6.57. The van der Waals surface area contributed by atoms with Crippen LogP contribution >= 0.6 is 0 Å². The molecule has 3 heteroatoms. The molecule has 1 aromatic rings. The highest BCUT2D eigenvalue weighted by Gasteiger charge is 2.25. The fourth-order valence-corrected chi connectivity index (χ4v) is 2.63. The number of aryl methyl sites for hydroxylation is 2. The lowest BCUT2D eigenvalue weighted by Crippen LogP contribution is -2.33. The molecule has 1 N–H and O–H groups in total. The summed E-state index contributed by atoms with van der Waals surface area (Å²) in [5.41, 5.74) is 2.54. The maximum absolute atomic E-state index is 4.55. The highest BCUT2D eigenvalue weighted by Crippen LogP contribution is 2.34. The van der Waals surface area contributed by atoms with E-state index in [4.69, 9.17) is 0 Å². The van der Waals surface area contributed by atoms with E-state index in [-0.39, 0.29) is 0 Å². The van der Waals surface area contributed by atoms with Crippen LogP contribution in [0.5, 0.6) is 0 Å². The molecule has 0 spiro atoms. The van der Waals surface area contributed by atoms with Gasteiger partial charge in [-0.15, -0.1) is 0 Å². The fraction of sp³-hybridized carbons (Fsp3) is 0.800. The molecule has 1 aliphatic rings. The molecule has 1 saturated carbocycles. The molecule has 18 heavy (non-hydrogen) atoms. The van der Waals surface area contributed by atoms with Crippen LogP contribution in [0.25, 0.3) is 0 Å². The monoisotopic (exact) mass is 249 g/mol. The molecular weight excluding hydrogens is 222 g/mol. The Labute approximate surface area is 111 Å². The molecule has 1 heterocycles. The molecule has 0 amide bonds. The zero-order valence-electron chi connectivity index (χ0n) is 12.1. The molecule has 1 aromatic heterocycles. The van der Waals surface area contributed by atoms with Gasteiger partial charge in [-0.05, 0) is 45.2 Å². The molecule has 102 valence electrons. The lowest BCUT2D eigenvalue weighted by molar-refractivity contribution is 0.441. The third-order valence-electron chi connectivity index (χ3n) is 3.74. The van der Waals surface area contributed by atoms with E-state index in [1.54, 1.807) is 0 Å². The summed E-state index contributed by atoms with van der Waals surface area (Å²) in [7, 11) is 0. The van der Waals surface area contributed by atoms with Gasteiger partial charge in [0.1, 0.15) is 0 Å². The first kappa shape index (κ1) is 13.6. The van der Waals surface area contributed by atoms with Crippen LogP contribution in [0.4, 0.5) is 0 Å². The maximum atomic E-state index is 4.55. The number of hydrogen-bond donors (Lipinski definition) is 1. The van der Waals surface area contributed by atoms with E-state index in [0.29, 0.717) is 6.04 Å². The predicted molar refractivity (Wildman–Crippen MR) is 75.8 cm³/mol. The maximum Gasteiger partial charge on any atom is 0.0596 e. The zero-order chi connectivity index (χ0) is 13.0. The number of nitrogens with zero attached hydrogens (tertiary/aromatic N) is 2. The van der Waals surface area contributed by atoms with Crippen molar-refractivity contribution >= 4 is 0 Å². The van der Waals surface area contributed by atoms with Gasteiger partial charge in [0.25, 0.3) is 0 Å². The van der Waals surface area contributed by atoms with Gasteiger partial charge in [-0.3, -0.25) is 4.68 Å². The highest BCUT2D eigenvalue weighted by atomic mass is 15.3. The van der Waals surface area contributed by atoms with E-state index in [0.717, 1.165) is 31.1 Å². The van der Waals surface area contributed by atoms with E-state index < -0.39 is 0 Å². The van der Waals surface area contributed by atoms with Gasteiger partial charge < -0.3 is 5.32 Å². The molecule has 0 aliphatic heterocycles. The van der Waals surface area contributed by atoms with Crippen LogP contribution in [0.1, 0.15) is 50.9 Å². The van der Waals surface area contributed by atoms with Crippen LogP contribution in [-0.2, 0) is 13.0 Å². The molecule has 1 aliphatic carbocycles. The van der Waals surface area contributed by atoms with Gasteiger partial charge >= 0.3 is 0 Å². The van der Waals surface area contributed by atoms with Gasteiger partial charge in [-0.25, -0.2) is 0 Å².